The zero-order valence-corrected chi connectivity index (χ0v) is 26.2. The highest BCUT2D eigenvalue weighted by Crippen LogP contribution is 2.35. The molecule has 0 saturated heterocycles. The number of hydrogen-bond donors (Lipinski definition) is 2. The maximum atomic E-state index is 13.5. The first-order valence-electron chi connectivity index (χ1n) is 14.2. The molecule has 0 spiro atoms. The lowest BCUT2D eigenvalue weighted by atomic mass is 9.82. The molecular formula is C33H43BrO7. The van der Waals surface area contributed by atoms with Crippen LogP contribution in [-0.2, 0) is 37.0 Å². The molecular weight excluding hydrogens is 588 g/mol. The number of halogens is 1. The molecule has 1 aliphatic rings. The summed E-state index contributed by atoms with van der Waals surface area (Å²) in [5, 5.41) is 23.0. The molecule has 1 heterocycles. The van der Waals surface area contributed by atoms with Gasteiger partial charge in [0.15, 0.2) is 5.78 Å². The normalized spacial score (nSPS) is 32.1. The Morgan fingerprint density at radius 2 is 1.46 bits per heavy atom. The van der Waals surface area contributed by atoms with Gasteiger partial charge in [0.2, 0.25) is 0 Å². The number of carbonyl (C=O) groups excluding carboxylic acids is 2. The number of benzene rings is 2. The topological polar surface area (TPSA) is 102 Å². The lowest BCUT2D eigenvalue weighted by Crippen LogP contribution is -2.47. The van der Waals surface area contributed by atoms with Gasteiger partial charge in [-0.15, -0.1) is 0 Å². The number of esters is 1. The number of ether oxygens (including phenoxy) is 3. The summed E-state index contributed by atoms with van der Waals surface area (Å²) in [6.45, 7) is 8.94. The number of carbonyl (C=O) groups is 2. The molecule has 2 N–H and O–H groups in total. The van der Waals surface area contributed by atoms with E-state index in [1.165, 1.54) is 6.92 Å². The van der Waals surface area contributed by atoms with Crippen molar-refractivity contribution in [2.24, 2.45) is 11.8 Å². The van der Waals surface area contributed by atoms with Crippen LogP contribution in [0.1, 0.15) is 65.0 Å². The van der Waals surface area contributed by atoms with E-state index in [-0.39, 0.29) is 25.4 Å². The lowest BCUT2D eigenvalue weighted by Gasteiger charge is -2.36. The van der Waals surface area contributed by atoms with Gasteiger partial charge < -0.3 is 24.4 Å². The van der Waals surface area contributed by atoms with E-state index in [1.807, 2.05) is 74.5 Å². The fourth-order valence-electron chi connectivity index (χ4n) is 5.02. The minimum atomic E-state index is -1.70. The summed E-state index contributed by atoms with van der Waals surface area (Å²) in [7, 11) is 0. The molecule has 7 atom stereocenters. The van der Waals surface area contributed by atoms with Crippen molar-refractivity contribution in [2.45, 2.75) is 96.6 Å². The Bertz CT molecular complexity index is 1160. The molecule has 0 aromatic heterocycles. The average molecular weight is 632 g/mol. The number of cyclic esters (lactones) is 1. The minimum Gasteiger partial charge on any atom is -0.459 e. The van der Waals surface area contributed by atoms with Crippen LogP contribution in [0.4, 0.5) is 0 Å². The van der Waals surface area contributed by atoms with Crippen LogP contribution < -0.4 is 0 Å². The van der Waals surface area contributed by atoms with Gasteiger partial charge in [0.1, 0.15) is 17.3 Å². The largest absolute Gasteiger partial charge is 0.459 e. The van der Waals surface area contributed by atoms with Gasteiger partial charge >= 0.3 is 5.97 Å². The molecule has 0 radical (unpaired) electrons. The summed E-state index contributed by atoms with van der Waals surface area (Å²) < 4.78 is 18.6. The zero-order valence-electron chi connectivity index (χ0n) is 24.6. The number of rotatable bonds is 7. The third-order valence-electron chi connectivity index (χ3n) is 7.84. The molecule has 8 heteroatoms. The monoisotopic (exact) mass is 630 g/mol. The molecule has 2 aromatic carbocycles. The second kappa shape index (κ2) is 14.7. The first-order valence-corrected chi connectivity index (χ1v) is 15.0. The van der Waals surface area contributed by atoms with Crippen LogP contribution in [0.3, 0.4) is 0 Å². The third-order valence-corrected chi connectivity index (χ3v) is 8.91. The number of hydrogen-bond acceptors (Lipinski definition) is 7. The lowest BCUT2D eigenvalue weighted by molar-refractivity contribution is -0.171. The summed E-state index contributed by atoms with van der Waals surface area (Å²) in [4.78, 5) is 26.9. The molecule has 41 heavy (non-hydrogen) atoms. The second-order valence-corrected chi connectivity index (χ2v) is 12.3. The van der Waals surface area contributed by atoms with Crippen molar-refractivity contribution in [2.75, 3.05) is 0 Å². The van der Waals surface area contributed by atoms with Gasteiger partial charge in [0.25, 0.3) is 0 Å². The highest BCUT2D eigenvalue weighted by atomic mass is 79.9. The molecule has 2 aromatic rings. The Morgan fingerprint density at radius 3 is 2.00 bits per heavy atom. The molecule has 0 amide bonds. The van der Waals surface area contributed by atoms with Crippen molar-refractivity contribution >= 4 is 27.7 Å². The molecule has 224 valence electrons. The van der Waals surface area contributed by atoms with Gasteiger partial charge in [-0.2, -0.15) is 0 Å². The Balaban J connectivity index is 1.96. The third kappa shape index (κ3) is 9.06. The van der Waals surface area contributed by atoms with Gasteiger partial charge in [-0.05, 0) is 56.7 Å². The molecule has 7 nitrogen and oxygen atoms in total. The Hall–Kier alpha value is -2.36. The van der Waals surface area contributed by atoms with E-state index >= 15 is 0 Å². The fourth-order valence-corrected chi connectivity index (χ4v) is 5.54. The Kier molecular flexibility index (Phi) is 11.9. The predicted molar refractivity (Wildman–Crippen MR) is 161 cm³/mol. The highest BCUT2D eigenvalue weighted by molar-refractivity contribution is 9.11. The fraction of sp³-hybridized carbons (Fsp3) is 0.515. The maximum absolute atomic E-state index is 13.5. The van der Waals surface area contributed by atoms with Crippen molar-refractivity contribution in [1.82, 2.24) is 0 Å². The molecule has 0 unspecified atom stereocenters. The van der Waals surface area contributed by atoms with Crippen molar-refractivity contribution < 1.29 is 34.0 Å². The molecule has 0 aliphatic carbocycles. The SMILES string of the molecule is CC[C@H]1OC(=O)[C@H](C)[C@@H](OCc2ccccc2)CC(=O)[C@](C)(O)C[C@@H](C)[C@H](OCc2ccccc2)C=C(Br)[C@]1(C)O. The minimum absolute atomic E-state index is 0.103. The van der Waals surface area contributed by atoms with Crippen molar-refractivity contribution in [3.8, 4) is 0 Å². The Labute approximate surface area is 252 Å². The van der Waals surface area contributed by atoms with E-state index in [2.05, 4.69) is 15.9 Å². The predicted octanol–water partition coefficient (Wildman–Crippen LogP) is 5.89. The van der Waals surface area contributed by atoms with Gasteiger partial charge in [0.05, 0.1) is 31.3 Å². The van der Waals surface area contributed by atoms with Gasteiger partial charge in [-0.3, -0.25) is 9.59 Å². The number of ketones is 1. The van der Waals surface area contributed by atoms with Crippen LogP contribution in [0.15, 0.2) is 71.2 Å². The van der Waals surface area contributed by atoms with Crippen LogP contribution in [0, 0.1) is 11.8 Å². The van der Waals surface area contributed by atoms with Crippen LogP contribution in [-0.4, -0.2) is 51.5 Å². The van der Waals surface area contributed by atoms with Crippen LogP contribution in [0.2, 0.25) is 0 Å². The van der Waals surface area contributed by atoms with Crippen molar-refractivity contribution in [1.29, 1.82) is 0 Å². The number of Topliss-reactive ketones (excluding diaryl/α,β-unsaturated/α-hetero) is 1. The highest BCUT2D eigenvalue weighted by Gasteiger charge is 2.42. The van der Waals surface area contributed by atoms with Gasteiger partial charge in [-0.25, -0.2) is 0 Å². The van der Waals surface area contributed by atoms with Crippen LogP contribution in [0.5, 0.6) is 0 Å². The summed E-state index contributed by atoms with van der Waals surface area (Å²) >= 11 is 3.53. The molecule has 0 bridgehead atoms. The first-order chi connectivity index (χ1) is 19.3. The molecule has 1 aliphatic heterocycles. The Morgan fingerprint density at radius 1 is 0.927 bits per heavy atom. The van der Waals surface area contributed by atoms with Crippen LogP contribution >= 0.6 is 15.9 Å². The summed E-state index contributed by atoms with van der Waals surface area (Å²) in [5.41, 5.74) is -1.40. The van der Waals surface area contributed by atoms with E-state index < -0.39 is 47.2 Å². The molecule has 0 fully saturated rings. The van der Waals surface area contributed by atoms with E-state index in [1.54, 1.807) is 19.9 Å². The number of aliphatic hydroxyl groups is 2. The van der Waals surface area contributed by atoms with E-state index in [0.29, 0.717) is 17.5 Å². The average Bonchev–Trinajstić information content (AvgIpc) is 2.95. The molecule has 3 rings (SSSR count). The van der Waals surface area contributed by atoms with Crippen molar-refractivity contribution in [3.63, 3.8) is 0 Å². The molecule has 0 saturated carbocycles. The van der Waals surface area contributed by atoms with E-state index in [0.717, 1.165) is 11.1 Å². The second-order valence-electron chi connectivity index (χ2n) is 11.5. The first kappa shape index (κ1) is 33.1. The van der Waals surface area contributed by atoms with Crippen molar-refractivity contribution in [3.05, 3.63) is 82.3 Å². The summed E-state index contributed by atoms with van der Waals surface area (Å²) in [6, 6.07) is 19.1. The van der Waals surface area contributed by atoms with E-state index in [4.69, 9.17) is 14.2 Å². The van der Waals surface area contributed by atoms with E-state index in [9.17, 15) is 19.8 Å². The quantitative estimate of drug-likeness (QED) is 0.368. The summed E-state index contributed by atoms with van der Waals surface area (Å²) in [6.07, 6.45) is -0.267. The standard InChI is InChI=1S/C33H43BrO7/c1-6-30-33(5,38)28(34)17-26(39-20-24-13-9-7-10-14-24)22(2)19-32(4,37)29(35)18-27(23(3)31(36)41-30)40-21-25-15-11-8-12-16-25/h7-17,22-23,26-27,30,37-38H,6,18-21H2,1-5H3/t22-,23-,26-,27+,30-,32-,33+/m1/s1. The van der Waals surface area contributed by atoms with Gasteiger partial charge in [0, 0.05) is 10.9 Å². The zero-order chi connectivity index (χ0) is 30.2. The maximum Gasteiger partial charge on any atom is 0.311 e. The summed E-state index contributed by atoms with van der Waals surface area (Å²) in [5.74, 6) is -2.16. The smallest absolute Gasteiger partial charge is 0.311 e. The van der Waals surface area contributed by atoms with Gasteiger partial charge in [-0.1, -0.05) is 90.4 Å². The van der Waals surface area contributed by atoms with Crippen LogP contribution in [0.25, 0.3) is 0 Å².